The van der Waals surface area contributed by atoms with Crippen LogP contribution in [-0.2, 0) is 9.09 Å². The molecule has 2 N–H and O–H groups in total. The van der Waals surface area contributed by atoms with E-state index in [1.54, 1.807) is 0 Å². The molecule has 7 heteroatoms. The molecule has 0 spiro atoms. The van der Waals surface area contributed by atoms with Gasteiger partial charge in [-0.3, -0.25) is 4.52 Å². The van der Waals surface area contributed by atoms with Crippen LogP contribution in [0.1, 0.15) is 6.92 Å². The minimum atomic E-state index is -4.44. The standard InChI is InChI=1S/C4H7Cl2O4P/c1-3(2-4(5)6)10-11(7,8)9/h2-3H,1H3,(H2,7,8,9). The van der Waals surface area contributed by atoms with E-state index in [0.717, 1.165) is 0 Å². The smallest absolute Gasteiger partial charge is 0.303 e. The monoisotopic (exact) mass is 220 g/mol. The van der Waals surface area contributed by atoms with Gasteiger partial charge in [-0.2, -0.15) is 0 Å². The summed E-state index contributed by atoms with van der Waals surface area (Å²) in [5.41, 5.74) is 0. The van der Waals surface area contributed by atoms with Gasteiger partial charge in [-0.05, 0) is 13.0 Å². The number of phosphoric ester groups is 1. The van der Waals surface area contributed by atoms with Gasteiger partial charge in [0.15, 0.2) is 0 Å². The Morgan fingerprint density at radius 2 is 2.09 bits per heavy atom. The van der Waals surface area contributed by atoms with Gasteiger partial charge in [0.1, 0.15) is 4.49 Å². The molecule has 0 radical (unpaired) electrons. The van der Waals surface area contributed by atoms with Gasteiger partial charge in [0.2, 0.25) is 0 Å². The Balaban J connectivity index is 4.00. The van der Waals surface area contributed by atoms with Crippen LogP contribution in [0.3, 0.4) is 0 Å². The van der Waals surface area contributed by atoms with Crippen LogP contribution < -0.4 is 0 Å². The molecule has 0 aliphatic rings. The Labute approximate surface area is 74.0 Å². The summed E-state index contributed by atoms with van der Waals surface area (Å²) < 4.78 is 14.3. The molecule has 0 aromatic rings. The average molecular weight is 221 g/mol. The minimum absolute atomic E-state index is 0.0917. The molecular weight excluding hydrogens is 214 g/mol. The van der Waals surface area contributed by atoms with E-state index in [1.165, 1.54) is 13.0 Å². The van der Waals surface area contributed by atoms with Gasteiger partial charge in [0.05, 0.1) is 6.10 Å². The number of halogens is 2. The fourth-order valence-electron chi connectivity index (χ4n) is 0.424. The first-order chi connectivity index (χ1) is 4.81. The quantitative estimate of drug-likeness (QED) is 0.713. The van der Waals surface area contributed by atoms with Crippen LogP contribution in [-0.4, -0.2) is 15.9 Å². The zero-order chi connectivity index (χ0) is 9.07. The highest BCUT2D eigenvalue weighted by Crippen LogP contribution is 2.38. The maximum Gasteiger partial charge on any atom is 0.470 e. The third-order valence-electron chi connectivity index (χ3n) is 0.664. The second-order valence-corrected chi connectivity index (χ2v) is 3.96. The van der Waals surface area contributed by atoms with E-state index >= 15 is 0 Å². The molecule has 4 nitrogen and oxygen atoms in total. The van der Waals surface area contributed by atoms with Gasteiger partial charge in [-0.1, -0.05) is 23.2 Å². The van der Waals surface area contributed by atoms with Gasteiger partial charge in [0.25, 0.3) is 0 Å². The van der Waals surface area contributed by atoms with Crippen LogP contribution in [0.25, 0.3) is 0 Å². The van der Waals surface area contributed by atoms with Gasteiger partial charge in [-0.25, -0.2) is 4.57 Å². The van der Waals surface area contributed by atoms with E-state index in [9.17, 15) is 4.57 Å². The molecule has 0 amide bonds. The van der Waals surface area contributed by atoms with Gasteiger partial charge < -0.3 is 9.79 Å². The van der Waals surface area contributed by atoms with E-state index in [2.05, 4.69) is 4.52 Å². The van der Waals surface area contributed by atoms with Crippen molar-refractivity contribution in [2.75, 3.05) is 0 Å². The number of phosphoric acid groups is 1. The molecule has 0 saturated heterocycles. The fourth-order valence-corrected chi connectivity index (χ4v) is 1.27. The summed E-state index contributed by atoms with van der Waals surface area (Å²) in [6.45, 7) is 1.41. The number of rotatable bonds is 3. The summed E-state index contributed by atoms with van der Waals surface area (Å²) in [5.74, 6) is 0. The normalized spacial score (nSPS) is 14.3. The van der Waals surface area contributed by atoms with E-state index < -0.39 is 13.9 Å². The molecule has 0 aliphatic carbocycles. The van der Waals surface area contributed by atoms with Crippen LogP contribution in [0.5, 0.6) is 0 Å². The lowest BCUT2D eigenvalue weighted by Crippen LogP contribution is -2.01. The van der Waals surface area contributed by atoms with Crippen molar-refractivity contribution in [1.29, 1.82) is 0 Å². The van der Waals surface area contributed by atoms with Crippen LogP contribution in [0, 0.1) is 0 Å². The third-order valence-corrected chi connectivity index (χ3v) is 1.52. The molecule has 0 aliphatic heterocycles. The molecular formula is C4H7Cl2O4P. The summed E-state index contributed by atoms with van der Waals surface area (Å²) in [4.78, 5) is 16.5. The highest BCUT2D eigenvalue weighted by molar-refractivity contribution is 7.46. The Kier molecular flexibility index (Phi) is 4.63. The van der Waals surface area contributed by atoms with E-state index in [0.29, 0.717) is 0 Å². The van der Waals surface area contributed by atoms with Gasteiger partial charge in [0, 0.05) is 0 Å². The highest BCUT2D eigenvalue weighted by Gasteiger charge is 2.17. The molecule has 0 saturated carbocycles. The molecule has 11 heavy (non-hydrogen) atoms. The van der Waals surface area contributed by atoms with Crippen molar-refractivity contribution in [1.82, 2.24) is 0 Å². The molecule has 0 rings (SSSR count). The largest absolute Gasteiger partial charge is 0.470 e. The lowest BCUT2D eigenvalue weighted by atomic mass is 10.4. The summed E-state index contributed by atoms with van der Waals surface area (Å²) in [7, 11) is -4.44. The Morgan fingerprint density at radius 1 is 1.64 bits per heavy atom. The van der Waals surface area contributed by atoms with Crippen molar-refractivity contribution in [3.8, 4) is 0 Å². The lowest BCUT2D eigenvalue weighted by molar-refractivity contribution is 0.171. The molecule has 0 aromatic carbocycles. The second kappa shape index (κ2) is 4.45. The van der Waals surface area contributed by atoms with Crippen LogP contribution in [0.2, 0.25) is 0 Å². The first-order valence-corrected chi connectivity index (χ1v) is 4.86. The van der Waals surface area contributed by atoms with Crippen molar-refractivity contribution >= 4 is 31.0 Å². The molecule has 0 bridgehead atoms. The molecule has 0 fully saturated rings. The van der Waals surface area contributed by atoms with Crippen molar-refractivity contribution in [3.05, 3.63) is 10.6 Å². The predicted octanol–water partition coefficient (Wildman–Crippen LogP) is 1.80. The van der Waals surface area contributed by atoms with Crippen molar-refractivity contribution < 1.29 is 18.9 Å². The third kappa shape index (κ3) is 8.34. The Morgan fingerprint density at radius 3 is 2.36 bits per heavy atom. The minimum Gasteiger partial charge on any atom is -0.303 e. The summed E-state index contributed by atoms with van der Waals surface area (Å²) >= 11 is 10.4. The maximum atomic E-state index is 10.2. The SMILES string of the molecule is CC(C=C(Cl)Cl)OP(=O)(O)O. The number of hydrogen-bond acceptors (Lipinski definition) is 2. The zero-order valence-corrected chi connectivity index (χ0v) is 7.98. The van der Waals surface area contributed by atoms with E-state index in [1.807, 2.05) is 0 Å². The molecule has 0 heterocycles. The first-order valence-electron chi connectivity index (χ1n) is 2.58. The molecule has 1 atom stereocenters. The van der Waals surface area contributed by atoms with Crippen molar-refractivity contribution in [2.45, 2.75) is 13.0 Å². The van der Waals surface area contributed by atoms with Gasteiger partial charge >= 0.3 is 7.82 Å². The fraction of sp³-hybridized carbons (Fsp3) is 0.500. The molecule has 1 unspecified atom stereocenters. The topological polar surface area (TPSA) is 66.8 Å². The first kappa shape index (κ1) is 11.4. The Hall–Kier alpha value is 0.430. The average Bonchev–Trinajstić information content (AvgIpc) is 1.53. The predicted molar refractivity (Wildman–Crippen MR) is 42.4 cm³/mol. The highest BCUT2D eigenvalue weighted by atomic mass is 35.5. The maximum absolute atomic E-state index is 10.2. The van der Waals surface area contributed by atoms with Gasteiger partial charge in [-0.15, -0.1) is 0 Å². The summed E-state index contributed by atoms with van der Waals surface area (Å²) in [6.07, 6.45) is 0.364. The second-order valence-electron chi connectivity index (χ2n) is 1.76. The summed E-state index contributed by atoms with van der Waals surface area (Å²) in [5, 5.41) is 0. The van der Waals surface area contributed by atoms with Crippen molar-refractivity contribution in [3.63, 3.8) is 0 Å². The van der Waals surface area contributed by atoms with Crippen LogP contribution >= 0.6 is 31.0 Å². The molecule has 66 valence electrons. The Bertz CT molecular complexity index is 194. The van der Waals surface area contributed by atoms with E-state index in [-0.39, 0.29) is 4.49 Å². The van der Waals surface area contributed by atoms with E-state index in [4.69, 9.17) is 33.0 Å². The van der Waals surface area contributed by atoms with Crippen molar-refractivity contribution in [2.24, 2.45) is 0 Å². The van der Waals surface area contributed by atoms with Crippen LogP contribution in [0.4, 0.5) is 0 Å². The number of hydrogen-bond donors (Lipinski definition) is 2. The lowest BCUT2D eigenvalue weighted by Gasteiger charge is -2.08. The molecule has 0 aromatic heterocycles. The zero-order valence-electron chi connectivity index (χ0n) is 5.57. The summed E-state index contributed by atoms with van der Waals surface area (Å²) in [6, 6.07) is 0. The van der Waals surface area contributed by atoms with Crippen LogP contribution in [0.15, 0.2) is 10.6 Å².